The molecular formula is C10H21NO2. The molecule has 1 aliphatic heterocycles. The molecule has 0 aromatic heterocycles. The zero-order valence-electron chi connectivity index (χ0n) is 9.01. The van der Waals surface area contributed by atoms with Gasteiger partial charge in [-0.15, -0.1) is 0 Å². The summed E-state index contributed by atoms with van der Waals surface area (Å²) in [4.78, 5) is 12.9. The van der Waals surface area contributed by atoms with E-state index in [2.05, 4.69) is 13.8 Å². The molecule has 3 heteroatoms. The predicted molar refractivity (Wildman–Crippen MR) is 53.7 cm³/mol. The van der Waals surface area contributed by atoms with Gasteiger partial charge in [-0.3, -0.25) is 4.79 Å². The van der Waals surface area contributed by atoms with Gasteiger partial charge >= 0.3 is 0 Å². The topological polar surface area (TPSA) is 29.5 Å². The van der Waals surface area contributed by atoms with Crippen molar-refractivity contribution >= 4 is 5.91 Å². The molecule has 0 unspecified atom stereocenters. The van der Waals surface area contributed by atoms with Crippen molar-refractivity contribution in [3.8, 4) is 0 Å². The minimum absolute atomic E-state index is 0.239. The predicted octanol–water partition coefficient (Wildman–Crippen LogP) is 1.67. The summed E-state index contributed by atoms with van der Waals surface area (Å²) < 4.78 is 5.10. The van der Waals surface area contributed by atoms with Crippen molar-refractivity contribution in [1.82, 2.24) is 4.90 Å². The van der Waals surface area contributed by atoms with Crippen LogP contribution in [0.2, 0.25) is 0 Å². The molecule has 0 aliphatic carbocycles. The van der Waals surface area contributed by atoms with Crippen LogP contribution in [-0.2, 0) is 9.53 Å². The summed E-state index contributed by atoms with van der Waals surface area (Å²) in [6.45, 7) is 9.08. The summed E-state index contributed by atoms with van der Waals surface area (Å²) in [6.07, 6.45) is 1.86. The third kappa shape index (κ3) is 5.64. The number of carbonyl (C=O) groups excluding carboxylic acids is 1. The molecule has 1 aliphatic rings. The van der Waals surface area contributed by atoms with Gasteiger partial charge in [0.2, 0.25) is 5.91 Å². The van der Waals surface area contributed by atoms with Crippen LogP contribution in [-0.4, -0.2) is 37.1 Å². The van der Waals surface area contributed by atoms with E-state index in [1.54, 1.807) is 0 Å². The van der Waals surface area contributed by atoms with Crippen molar-refractivity contribution in [1.29, 1.82) is 0 Å². The first-order valence-corrected chi connectivity index (χ1v) is 5.11. The number of amides is 1. The number of rotatable bonds is 1. The van der Waals surface area contributed by atoms with Crippen LogP contribution in [0.15, 0.2) is 0 Å². The fraction of sp³-hybridized carbons (Fsp3) is 0.900. The minimum Gasteiger partial charge on any atom is -0.378 e. The molecule has 1 rings (SSSR count). The molecular weight excluding hydrogens is 166 g/mol. The first kappa shape index (κ1) is 12.4. The highest BCUT2D eigenvalue weighted by molar-refractivity contribution is 5.75. The van der Waals surface area contributed by atoms with Gasteiger partial charge in [0, 0.05) is 19.5 Å². The van der Waals surface area contributed by atoms with Gasteiger partial charge in [-0.25, -0.2) is 0 Å². The Morgan fingerprint density at radius 3 is 2.08 bits per heavy atom. The molecule has 1 saturated heterocycles. The molecule has 0 bridgehead atoms. The maximum atomic E-state index is 11.0. The number of carbonyl (C=O) groups is 1. The van der Waals surface area contributed by atoms with E-state index in [4.69, 9.17) is 4.74 Å². The molecule has 13 heavy (non-hydrogen) atoms. The second-order valence-electron chi connectivity index (χ2n) is 3.05. The summed E-state index contributed by atoms with van der Waals surface area (Å²) in [5, 5.41) is 0. The Bertz CT molecular complexity index is 131. The molecule has 0 radical (unpaired) electrons. The van der Waals surface area contributed by atoms with Gasteiger partial charge in [-0.05, 0) is 0 Å². The molecule has 3 nitrogen and oxygen atoms in total. The lowest BCUT2D eigenvalue weighted by atomic mass is 10.3. The van der Waals surface area contributed by atoms with Gasteiger partial charge in [0.1, 0.15) is 0 Å². The Morgan fingerprint density at radius 1 is 1.23 bits per heavy atom. The summed E-state index contributed by atoms with van der Waals surface area (Å²) in [5.41, 5.74) is 0. The minimum atomic E-state index is 0.239. The molecule has 1 fully saturated rings. The van der Waals surface area contributed by atoms with E-state index in [0.29, 0.717) is 19.6 Å². The first-order valence-electron chi connectivity index (χ1n) is 5.11. The van der Waals surface area contributed by atoms with Crippen LogP contribution in [0.3, 0.4) is 0 Å². The maximum Gasteiger partial charge on any atom is 0.222 e. The van der Waals surface area contributed by atoms with Crippen molar-refractivity contribution in [2.45, 2.75) is 33.6 Å². The highest BCUT2D eigenvalue weighted by Gasteiger charge is 2.13. The van der Waals surface area contributed by atoms with Gasteiger partial charge in [-0.2, -0.15) is 0 Å². The van der Waals surface area contributed by atoms with Gasteiger partial charge in [0.05, 0.1) is 13.2 Å². The highest BCUT2D eigenvalue weighted by Crippen LogP contribution is 1.98. The molecule has 0 saturated carbocycles. The smallest absolute Gasteiger partial charge is 0.222 e. The Labute approximate surface area is 81.1 Å². The molecule has 1 heterocycles. The zero-order valence-corrected chi connectivity index (χ0v) is 9.01. The van der Waals surface area contributed by atoms with E-state index in [1.807, 2.05) is 11.8 Å². The van der Waals surface area contributed by atoms with Crippen LogP contribution < -0.4 is 0 Å². The molecule has 1 amide bonds. The number of ether oxygens (including phenoxy) is 1. The van der Waals surface area contributed by atoms with Gasteiger partial charge in [0.15, 0.2) is 0 Å². The third-order valence-corrected chi connectivity index (χ3v) is 1.67. The van der Waals surface area contributed by atoms with E-state index in [9.17, 15) is 4.79 Å². The number of hydrogen-bond acceptors (Lipinski definition) is 2. The van der Waals surface area contributed by atoms with E-state index in [-0.39, 0.29) is 5.91 Å². The lowest BCUT2D eigenvalue weighted by Gasteiger charge is -2.26. The van der Waals surface area contributed by atoms with E-state index in [1.165, 1.54) is 6.42 Å². The van der Waals surface area contributed by atoms with Gasteiger partial charge < -0.3 is 9.64 Å². The highest BCUT2D eigenvalue weighted by atomic mass is 16.5. The lowest BCUT2D eigenvalue weighted by molar-refractivity contribution is -0.134. The van der Waals surface area contributed by atoms with Crippen LogP contribution >= 0.6 is 0 Å². The summed E-state index contributed by atoms with van der Waals surface area (Å²) in [7, 11) is 0. The van der Waals surface area contributed by atoms with Crippen molar-refractivity contribution in [2.75, 3.05) is 26.3 Å². The van der Waals surface area contributed by atoms with E-state index >= 15 is 0 Å². The second-order valence-corrected chi connectivity index (χ2v) is 3.05. The molecule has 0 spiro atoms. The Kier molecular flexibility index (Phi) is 7.69. The summed E-state index contributed by atoms with van der Waals surface area (Å²) in [6, 6.07) is 0. The van der Waals surface area contributed by atoms with Crippen LogP contribution in [0.5, 0.6) is 0 Å². The SMILES string of the molecule is CCC.CCC(=O)N1CCOCC1. The molecule has 78 valence electrons. The molecule has 0 N–H and O–H groups in total. The molecule has 0 aromatic rings. The molecule has 0 atom stereocenters. The normalized spacial score (nSPS) is 16.1. The van der Waals surface area contributed by atoms with E-state index in [0.717, 1.165) is 13.1 Å². The Hall–Kier alpha value is -0.570. The van der Waals surface area contributed by atoms with Crippen LogP contribution in [0, 0.1) is 0 Å². The Balaban J connectivity index is 0.000000424. The van der Waals surface area contributed by atoms with Crippen molar-refractivity contribution in [3.05, 3.63) is 0 Å². The van der Waals surface area contributed by atoms with Crippen LogP contribution in [0.4, 0.5) is 0 Å². The maximum absolute atomic E-state index is 11.0. The molecule has 0 aromatic carbocycles. The fourth-order valence-corrected chi connectivity index (χ4v) is 1.04. The number of nitrogens with zero attached hydrogens (tertiary/aromatic N) is 1. The quantitative estimate of drug-likeness (QED) is 0.625. The van der Waals surface area contributed by atoms with E-state index < -0.39 is 0 Å². The number of hydrogen-bond donors (Lipinski definition) is 0. The van der Waals surface area contributed by atoms with Gasteiger partial charge in [-0.1, -0.05) is 27.2 Å². The zero-order chi connectivity index (χ0) is 10.1. The summed E-state index contributed by atoms with van der Waals surface area (Å²) >= 11 is 0. The van der Waals surface area contributed by atoms with Gasteiger partial charge in [0.25, 0.3) is 0 Å². The monoisotopic (exact) mass is 187 g/mol. The largest absolute Gasteiger partial charge is 0.378 e. The van der Waals surface area contributed by atoms with Crippen LogP contribution in [0.1, 0.15) is 33.6 Å². The Morgan fingerprint density at radius 2 is 1.69 bits per heavy atom. The average Bonchev–Trinajstić information content (AvgIpc) is 2.19. The third-order valence-electron chi connectivity index (χ3n) is 1.67. The van der Waals surface area contributed by atoms with Crippen molar-refractivity contribution < 1.29 is 9.53 Å². The summed E-state index contributed by atoms with van der Waals surface area (Å²) in [5.74, 6) is 0.239. The number of morpholine rings is 1. The first-order chi connectivity index (χ1) is 6.26. The fourth-order valence-electron chi connectivity index (χ4n) is 1.04. The van der Waals surface area contributed by atoms with Crippen molar-refractivity contribution in [3.63, 3.8) is 0 Å². The standard InChI is InChI=1S/C7H13NO2.C3H8/c1-2-7(9)8-3-5-10-6-4-8;1-3-2/h2-6H2,1H3;3H2,1-2H3. The average molecular weight is 187 g/mol. The van der Waals surface area contributed by atoms with Crippen LogP contribution in [0.25, 0.3) is 0 Å². The van der Waals surface area contributed by atoms with Crippen molar-refractivity contribution in [2.24, 2.45) is 0 Å². The lowest BCUT2D eigenvalue weighted by Crippen LogP contribution is -2.40. The second kappa shape index (κ2) is 8.05.